The van der Waals surface area contributed by atoms with Gasteiger partial charge in [-0.2, -0.15) is 0 Å². The Labute approximate surface area is 139 Å². The van der Waals surface area contributed by atoms with Gasteiger partial charge >= 0.3 is 0 Å². The van der Waals surface area contributed by atoms with E-state index in [1.54, 1.807) is 0 Å². The van der Waals surface area contributed by atoms with Crippen LogP contribution in [0.5, 0.6) is 0 Å². The van der Waals surface area contributed by atoms with E-state index in [1.165, 1.54) is 6.42 Å². The van der Waals surface area contributed by atoms with Crippen molar-refractivity contribution < 1.29 is 14.6 Å². The molecular formula is C18H30N2O3. The molecule has 0 bridgehead atoms. The molecule has 2 heterocycles. The van der Waals surface area contributed by atoms with Gasteiger partial charge in [-0.3, -0.25) is 4.79 Å². The number of nitrogens with zero attached hydrogens (tertiary/aromatic N) is 1. The number of nitrogens with one attached hydrogen (secondary N) is 1. The first-order valence-electron chi connectivity index (χ1n) is 9.23. The van der Waals surface area contributed by atoms with E-state index in [2.05, 4.69) is 10.2 Å². The average molecular weight is 322 g/mol. The number of rotatable bonds is 4. The van der Waals surface area contributed by atoms with Crippen molar-refractivity contribution in [3.63, 3.8) is 0 Å². The van der Waals surface area contributed by atoms with Gasteiger partial charge in [0.25, 0.3) is 5.91 Å². The van der Waals surface area contributed by atoms with Gasteiger partial charge in [0.1, 0.15) is 0 Å². The lowest BCUT2D eigenvalue weighted by molar-refractivity contribution is -0.122. The fourth-order valence-corrected chi connectivity index (χ4v) is 3.99. The number of hydrogen-bond acceptors (Lipinski definition) is 4. The predicted octanol–water partition coefficient (Wildman–Crippen LogP) is 1.96. The summed E-state index contributed by atoms with van der Waals surface area (Å²) in [6.45, 7) is 3.35. The molecule has 3 aliphatic rings. The summed E-state index contributed by atoms with van der Waals surface area (Å²) in [5.74, 6) is 0.434. The van der Waals surface area contributed by atoms with Crippen LogP contribution in [-0.4, -0.2) is 53.8 Å². The van der Waals surface area contributed by atoms with Gasteiger partial charge in [0.2, 0.25) is 0 Å². The first-order chi connectivity index (χ1) is 11.1. The van der Waals surface area contributed by atoms with Gasteiger partial charge in [-0.25, -0.2) is 0 Å². The maximum Gasteiger partial charge on any atom is 0.286 e. The van der Waals surface area contributed by atoms with E-state index in [4.69, 9.17) is 4.74 Å². The van der Waals surface area contributed by atoms with Crippen molar-refractivity contribution in [3.8, 4) is 0 Å². The summed E-state index contributed by atoms with van der Waals surface area (Å²) < 4.78 is 5.42. The summed E-state index contributed by atoms with van der Waals surface area (Å²) in [4.78, 5) is 14.5. The summed E-state index contributed by atoms with van der Waals surface area (Å²) in [6.07, 6.45) is 11.2. The number of ether oxygens (including phenoxy) is 1. The van der Waals surface area contributed by atoms with E-state index in [9.17, 15) is 9.90 Å². The summed E-state index contributed by atoms with van der Waals surface area (Å²) in [5, 5.41) is 13.8. The zero-order chi connectivity index (χ0) is 16.1. The van der Waals surface area contributed by atoms with Crippen LogP contribution in [0, 0.1) is 0 Å². The SMILES string of the molecule is O=C(NC1CCN(CC2(O)CCCCC2)CC1)C1=CCCCO1. The molecule has 1 aliphatic carbocycles. The van der Waals surface area contributed by atoms with Crippen LogP contribution in [0.1, 0.15) is 57.8 Å². The average Bonchev–Trinajstić information content (AvgIpc) is 2.58. The molecule has 5 nitrogen and oxygen atoms in total. The number of aliphatic hydroxyl groups is 1. The molecule has 0 spiro atoms. The molecule has 2 aliphatic heterocycles. The topological polar surface area (TPSA) is 61.8 Å². The quantitative estimate of drug-likeness (QED) is 0.830. The number of carbonyl (C=O) groups excluding carboxylic acids is 1. The van der Waals surface area contributed by atoms with Gasteiger partial charge in [-0.1, -0.05) is 19.3 Å². The lowest BCUT2D eigenvalue weighted by atomic mass is 9.84. The third-order valence-corrected chi connectivity index (χ3v) is 5.38. The van der Waals surface area contributed by atoms with Crippen molar-refractivity contribution in [2.24, 2.45) is 0 Å². The van der Waals surface area contributed by atoms with Crippen LogP contribution in [-0.2, 0) is 9.53 Å². The lowest BCUT2D eigenvalue weighted by Crippen LogP contribution is -2.50. The molecule has 23 heavy (non-hydrogen) atoms. The van der Waals surface area contributed by atoms with Gasteiger partial charge in [0.15, 0.2) is 5.76 Å². The minimum absolute atomic E-state index is 0.0611. The summed E-state index contributed by atoms with van der Waals surface area (Å²) >= 11 is 0. The minimum atomic E-state index is -0.477. The second kappa shape index (κ2) is 7.67. The second-order valence-electron chi connectivity index (χ2n) is 7.37. The number of hydrogen-bond donors (Lipinski definition) is 2. The summed E-state index contributed by atoms with van der Waals surface area (Å²) in [5.41, 5.74) is -0.477. The van der Waals surface area contributed by atoms with E-state index in [1.807, 2.05) is 6.08 Å². The predicted molar refractivity (Wildman–Crippen MR) is 88.9 cm³/mol. The van der Waals surface area contributed by atoms with Crippen LogP contribution in [0.4, 0.5) is 0 Å². The van der Waals surface area contributed by atoms with Crippen molar-refractivity contribution in [2.45, 2.75) is 69.4 Å². The van der Waals surface area contributed by atoms with Crippen LogP contribution < -0.4 is 5.32 Å². The maximum absolute atomic E-state index is 12.2. The molecule has 130 valence electrons. The standard InChI is InChI=1S/C18H30N2O3/c21-17(16-6-2-5-13-23-16)19-15-7-11-20(12-8-15)14-18(22)9-3-1-4-10-18/h6,15,22H,1-5,7-14H2,(H,19,21). The van der Waals surface area contributed by atoms with E-state index in [-0.39, 0.29) is 11.9 Å². The molecule has 0 aromatic carbocycles. The van der Waals surface area contributed by atoms with E-state index in [0.717, 1.165) is 71.0 Å². The molecule has 1 saturated heterocycles. The molecule has 0 unspecified atom stereocenters. The molecule has 0 aromatic heterocycles. The Hall–Kier alpha value is -1.07. The Morgan fingerprint density at radius 2 is 2.00 bits per heavy atom. The fraction of sp³-hybridized carbons (Fsp3) is 0.833. The van der Waals surface area contributed by atoms with Crippen molar-refractivity contribution in [3.05, 3.63) is 11.8 Å². The maximum atomic E-state index is 12.2. The molecule has 2 fully saturated rings. The molecule has 5 heteroatoms. The normalized spacial score (nSPS) is 26.2. The van der Waals surface area contributed by atoms with Gasteiger partial charge in [0.05, 0.1) is 12.2 Å². The molecule has 3 rings (SSSR count). The van der Waals surface area contributed by atoms with Crippen molar-refractivity contribution in [1.82, 2.24) is 10.2 Å². The Balaban J connectivity index is 1.41. The van der Waals surface area contributed by atoms with Crippen LogP contribution in [0.25, 0.3) is 0 Å². The molecule has 1 saturated carbocycles. The van der Waals surface area contributed by atoms with Crippen molar-refractivity contribution >= 4 is 5.91 Å². The van der Waals surface area contributed by atoms with Crippen LogP contribution >= 0.6 is 0 Å². The summed E-state index contributed by atoms with van der Waals surface area (Å²) in [7, 11) is 0. The number of allylic oxidation sites excluding steroid dienone is 1. The van der Waals surface area contributed by atoms with Crippen molar-refractivity contribution in [1.29, 1.82) is 0 Å². The highest BCUT2D eigenvalue weighted by atomic mass is 16.5. The molecular weight excluding hydrogens is 292 g/mol. The van der Waals surface area contributed by atoms with Gasteiger partial charge in [-0.15, -0.1) is 0 Å². The lowest BCUT2D eigenvalue weighted by Gasteiger charge is -2.40. The minimum Gasteiger partial charge on any atom is -0.488 e. The molecule has 2 N–H and O–H groups in total. The Bertz CT molecular complexity index is 436. The molecule has 0 aromatic rings. The zero-order valence-corrected chi connectivity index (χ0v) is 14.1. The van der Waals surface area contributed by atoms with Crippen LogP contribution in [0.2, 0.25) is 0 Å². The number of likely N-dealkylation sites (tertiary alicyclic amines) is 1. The van der Waals surface area contributed by atoms with Gasteiger partial charge in [0, 0.05) is 25.7 Å². The van der Waals surface area contributed by atoms with E-state index >= 15 is 0 Å². The molecule has 0 radical (unpaired) electrons. The Morgan fingerprint density at radius 1 is 1.26 bits per heavy atom. The number of piperidine rings is 1. The first-order valence-corrected chi connectivity index (χ1v) is 9.23. The molecule has 0 atom stereocenters. The largest absolute Gasteiger partial charge is 0.488 e. The van der Waals surface area contributed by atoms with Gasteiger partial charge in [-0.05, 0) is 44.6 Å². The second-order valence-corrected chi connectivity index (χ2v) is 7.37. The Morgan fingerprint density at radius 3 is 2.65 bits per heavy atom. The van der Waals surface area contributed by atoms with Gasteiger partial charge < -0.3 is 20.1 Å². The van der Waals surface area contributed by atoms with E-state index < -0.39 is 5.60 Å². The smallest absolute Gasteiger partial charge is 0.286 e. The fourth-order valence-electron chi connectivity index (χ4n) is 3.99. The third-order valence-electron chi connectivity index (χ3n) is 5.38. The highest BCUT2D eigenvalue weighted by Gasteiger charge is 2.33. The monoisotopic (exact) mass is 322 g/mol. The number of β-amino-alcohol motifs (C(OH)–C–C–N with tert-alkyl or cyclic N) is 1. The highest BCUT2D eigenvalue weighted by Crippen LogP contribution is 2.29. The summed E-state index contributed by atoms with van der Waals surface area (Å²) in [6, 6.07) is 0.228. The molecule has 1 amide bonds. The zero-order valence-electron chi connectivity index (χ0n) is 14.1. The van der Waals surface area contributed by atoms with Crippen LogP contribution in [0.3, 0.4) is 0 Å². The van der Waals surface area contributed by atoms with Crippen LogP contribution in [0.15, 0.2) is 11.8 Å². The first kappa shape index (κ1) is 16.8. The Kier molecular flexibility index (Phi) is 5.59. The third kappa shape index (κ3) is 4.70. The van der Waals surface area contributed by atoms with E-state index in [0.29, 0.717) is 12.4 Å². The highest BCUT2D eigenvalue weighted by molar-refractivity contribution is 5.91. The van der Waals surface area contributed by atoms with Crippen molar-refractivity contribution in [2.75, 3.05) is 26.2 Å². The number of carbonyl (C=O) groups is 1. The number of amides is 1.